The number of ether oxygens (including phenoxy) is 1. The molecule has 0 aliphatic rings. The van der Waals surface area contributed by atoms with Crippen molar-refractivity contribution in [2.45, 2.75) is 6.92 Å². The van der Waals surface area contributed by atoms with Crippen LogP contribution in [0.1, 0.15) is 6.92 Å². The fourth-order valence-corrected chi connectivity index (χ4v) is 0.436. The van der Waals surface area contributed by atoms with Gasteiger partial charge in [-0.15, -0.1) is 0 Å². The average molecular weight is 175 g/mol. The van der Waals surface area contributed by atoms with Crippen LogP contribution in [-0.2, 0) is 9.53 Å². The Morgan fingerprint density at radius 3 is 2.83 bits per heavy atom. The number of rotatable bonds is 5. The lowest BCUT2D eigenvalue weighted by atomic mass is 10.2. The Hall–Kier alpha value is -1.30. The fraction of sp³-hybridized carbons (Fsp3) is 0.667. The molecule has 0 saturated heterocycles. The first-order valence-electron chi connectivity index (χ1n) is 3.42. The first-order chi connectivity index (χ1) is 5.54. The van der Waals surface area contributed by atoms with E-state index >= 15 is 0 Å². The van der Waals surface area contributed by atoms with E-state index in [1.807, 2.05) is 0 Å². The van der Waals surface area contributed by atoms with E-state index in [1.165, 1.54) is 6.92 Å². The highest BCUT2D eigenvalue weighted by Gasteiger charge is 2.09. The van der Waals surface area contributed by atoms with Gasteiger partial charge < -0.3 is 20.9 Å². The smallest absolute Gasteiger partial charge is 0.308 e. The molecule has 0 radical (unpaired) electrons. The van der Waals surface area contributed by atoms with Crippen molar-refractivity contribution >= 4 is 11.9 Å². The molecule has 0 aromatic heterocycles. The van der Waals surface area contributed by atoms with Crippen LogP contribution < -0.4 is 11.1 Å². The number of hydrogen-bond acceptors (Lipinski definition) is 3. The second-order valence-corrected chi connectivity index (χ2v) is 2.34. The Balaban J connectivity index is 3.31. The molecule has 0 aliphatic carbocycles. The van der Waals surface area contributed by atoms with Gasteiger partial charge in [-0.1, -0.05) is 0 Å². The van der Waals surface area contributed by atoms with E-state index in [1.54, 1.807) is 0 Å². The molecule has 1 atom stereocenters. The summed E-state index contributed by atoms with van der Waals surface area (Å²) >= 11 is 0. The van der Waals surface area contributed by atoms with E-state index in [-0.39, 0.29) is 19.3 Å². The van der Waals surface area contributed by atoms with Crippen LogP contribution in [0.15, 0.2) is 0 Å². The summed E-state index contributed by atoms with van der Waals surface area (Å²) < 4.78 is 4.85. The van der Waals surface area contributed by atoms with Crippen LogP contribution in [0.4, 0.5) is 0 Å². The van der Waals surface area contributed by atoms with Crippen molar-refractivity contribution in [2.24, 2.45) is 11.7 Å². The fourth-order valence-electron chi connectivity index (χ4n) is 0.436. The molecule has 0 bridgehead atoms. The number of nitrogens with two attached hydrogens (primary N) is 1. The molecule has 12 heavy (non-hydrogen) atoms. The number of guanidine groups is 1. The first kappa shape index (κ1) is 10.7. The molecule has 0 amide bonds. The SMILES string of the molecule is CC(COCNC(=N)N)C(=O)O. The topological polar surface area (TPSA) is 108 Å². The lowest BCUT2D eigenvalue weighted by Crippen LogP contribution is -2.33. The van der Waals surface area contributed by atoms with E-state index in [0.29, 0.717) is 0 Å². The number of carbonyl (C=O) groups is 1. The molecule has 6 heteroatoms. The van der Waals surface area contributed by atoms with Crippen molar-refractivity contribution in [1.82, 2.24) is 5.32 Å². The third-order valence-electron chi connectivity index (χ3n) is 1.15. The van der Waals surface area contributed by atoms with E-state index in [9.17, 15) is 4.79 Å². The molecule has 0 spiro atoms. The highest BCUT2D eigenvalue weighted by atomic mass is 16.5. The van der Waals surface area contributed by atoms with Crippen LogP contribution in [0.3, 0.4) is 0 Å². The van der Waals surface area contributed by atoms with Gasteiger partial charge in [0, 0.05) is 0 Å². The molecule has 5 N–H and O–H groups in total. The van der Waals surface area contributed by atoms with Gasteiger partial charge in [-0.05, 0) is 6.92 Å². The predicted octanol–water partition coefficient (Wildman–Crippen LogP) is -0.836. The van der Waals surface area contributed by atoms with Crippen molar-refractivity contribution in [3.8, 4) is 0 Å². The number of aliphatic carboxylic acids is 1. The summed E-state index contributed by atoms with van der Waals surface area (Å²) in [6.45, 7) is 1.71. The van der Waals surface area contributed by atoms with Gasteiger partial charge in [-0.2, -0.15) is 0 Å². The maximum atomic E-state index is 10.3. The Labute approximate surface area is 70.2 Å². The highest BCUT2D eigenvalue weighted by Crippen LogP contribution is 1.93. The maximum absolute atomic E-state index is 10.3. The Morgan fingerprint density at radius 2 is 2.42 bits per heavy atom. The molecule has 0 heterocycles. The van der Waals surface area contributed by atoms with Crippen LogP contribution in [0.25, 0.3) is 0 Å². The summed E-state index contributed by atoms with van der Waals surface area (Å²) in [5, 5.41) is 17.5. The summed E-state index contributed by atoms with van der Waals surface area (Å²) in [6, 6.07) is 0. The Kier molecular flexibility index (Phi) is 4.78. The third kappa shape index (κ3) is 5.48. The first-order valence-corrected chi connectivity index (χ1v) is 3.42. The Morgan fingerprint density at radius 1 is 1.83 bits per heavy atom. The van der Waals surface area contributed by atoms with E-state index < -0.39 is 11.9 Å². The summed E-state index contributed by atoms with van der Waals surface area (Å²) in [5.41, 5.74) is 4.94. The van der Waals surface area contributed by atoms with Crippen LogP contribution in [0.5, 0.6) is 0 Å². The number of carboxylic acids is 1. The second kappa shape index (κ2) is 5.36. The highest BCUT2D eigenvalue weighted by molar-refractivity contribution is 5.74. The van der Waals surface area contributed by atoms with E-state index in [2.05, 4.69) is 5.32 Å². The van der Waals surface area contributed by atoms with Crippen LogP contribution >= 0.6 is 0 Å². The van der Waals surface area contributed by atoms with E-state index in [0.717, 1.165) is 0 Å². The van der Waals surface area contributed by atoms with Crippen LogP contribution in [0, 0.1) is 11.3 Å². The molecule has 0 saturated carbocycles. The molecule has 70 valence electrons. The second-order valence-electron chi connectivity index (χ2n) is 2.34. The maximum Gasteiger partial charge on any atom is 0.308 e. The van der Waals surface area contributed by atoms with E-state index in [4.69, 9.17) is 21.0 Å². The molecule has 0 fully saturated rings. The normalized spacial score (nSPS) is 12.1. The van der Waals surface area contributed by atoms with Crippen molar-refractivity contribution in [2.75, 3.05) is 13.3 Å². The standard InChI is InChI=1S/C6H13N3O3/c1-4(5(10)11)2-12-3-9-6(7)8/h4H,2-3H2,1H3,(H,10,11)(H4,7,8,9). The Bertz CT molecular complexity index is 171. The molecule has 6 nitrogen and oxygen atoms in total. The van der Waals surface area contributed by atoms with Crippen LogP contribution in [0.2, 0.25) is 0 Å². The van der Waals surface area contributed by atoms with Gasteiger partial charge in [0.1, 0.15) is 6.73 Å². The quantitative estimate of drug-likeness (QED) is 0.189. The van der Waals surface area contributed by atoms with Crippen molar-refractivity contribution in [3.05, 3.63) is 0 Å². The van der Waals surface area contributed by atoms with Gasteiger partial charge in [0.05, 0.1) is 12.5 Å². The lowest BCUT2D eigenvalue weighted by Gasteiger charge is -2.07. The van der Waals surface area contributed by atoms with Crippen molar-refractivity contribution in [1.29, 1.82) is 5.41 Å². The molecule has 0 aliphatic heterocycles. The monoisotopic (exact) mass is 175 g/mol. The van der Waals surface area contributed by atoms with Gasteiger partial charge >= 0.3 is 5.97 Å². The number of carboxylic acid groups (broad SMARTS) is 1. The average Bonchev–Trinajstić information content (AvgIpc) is 1.97. The molecule has 0 aromatic rings. The third-order valence-corrected chi connectivity index (χ3v) is 1.15. The number of nitrogens with one attached hydrogen (secondary N) is 2. The number of hydrogen-bond donors (Lipinski definition) is 4. The zero-order valence-electron chi connectivity index (χ0n) is 6.83. The molecule has 0 rings (SSSR count). The summed E-state index contributed by atoms with van der Waals surface area (Å²) in [7, 11) is 0. The molecule has 0 aromatic carbocycles. The minimum atomic E-state index is -0.905. The zero-order valence-corrected chi connectivity index (χ0v) is 6.83. The minimum Gasteiger partial charge on any atom is -0.481 e. The predicted molar refractivity (Wildman–Crippen MR) is 42.7 cm³/mol. The summed E-state index contributed by atoms with van der Waals surface area (Å²) in [5.74, 6) is -1.64. The van der Waals surface area contributed by atoms with Gasteiger partial charge in [0.15, 0.2) is 5.96 Å². The van der Waals surface area contributed by atoms with Gasteiger partial charge in [0.2, 0.25) is 0 Å². The van der Waals surface area contributed by atoms with Gasteiger partial charge in [0.25, 0.3) is 0 Å². The summed E-state index contributed by atoms with van der Waals surface area (Å²) in [4.78, 5) is 10.3. The van der Waals surface area contributed by atoms with Crippen molar-refractivity contribution < 1.29 is 14.6 Å². The molecular weight excluding hydrogens is 162 g/mol. The van der Waals surface area contributed by atoms with Crippen molar-refractivity contribution in [3.63, 3.8) is 0 Å². The zero-order chi connectivity index (χ0) is 9.56. The largest absolute Gasteiger partial charge is 0.481 e. The minimum absolute atomic E-state index is 0.0625. The molecular formula is C6H13N3O3. The van der Waals surface area contributed by atoms with Gasteiger partial charge in [-0.3, -0.25) is 10.2 Å². The lowest BCUT2D eigenvalue weighted by molar-refractivity contribution is -0.143. The molecule has 1 unspecified atom stereocenters. The summed E-state index contributed by atoms with van der Waals surface area (Å²) in [6.07, 6.45) is 0. The van der Waals surface area contributed by atoms with Crippen LogP contribution in [-0.4, -0.2) is 30.4 Å². The van der Waals surface area contributed by atoms with Gasteiger partial charge in [-0.25, -0.2) is 0 Å².